The zero-order chi connectivity index (χ0) is 11.4. The Morgan fingerprint density at radius 3 is 3.06 bits per heavy atom. The van der Waals surface area contributed by atoms with Crippen LogP contribution in [-0.4, -0.2) is 26.2 Å². The molecule has 6 nitrogen and oxygen atoms in total. The zero-order valence-corrected chi connectivity index (χ0v) is 8.34. The number of nitrogens with zero attached hydrogens (tertiary/aromatic N) is 2. The quantitative estimate of drug-likeness (QED) is 0.697. The molecule has 0 aromatic carbocycles. The molecule has 3 N–H and O–H groups in total. The molecule has 0 saturated heterocycles. The van der Waals surface area contributed by atoms with Crippen LogP contribution in [0, 0.1) is 0 Å². The predicted molar refractivity (Wildman–Crippen MR) is 55.7 cm³/mol. The lowest BCUT2D eigenvalue weighted by Crippen LogP contribution is -2.22. The highest BCUT2D eigenvalue weighted by atomic mass is 16.3. The minimum Gasteiger partial charge on any atom is -0.505 e. The van der Waals surface area contributed by atoms with Gasteiger partial charge < -0.3 is 10.4 Å². The molecule has 0 fully saturated rings. The van der Waals surface area contributed by atoms with E-state index in [1.54, 1.807) is 12.4 Å². The van der Waals surface area contributed by atoms with Crippen molar-refractivity contribution in [1.82, 2.24) is 20.5 Å². The monoisotopic (exact) mass is 218 g/mol. The molecule has 0 saturated carbocycles. The maximum absolute atomic E-state index is 11.6. The summed E-state index contributed by atoms with van der Waals surface area (Å²) in [6.07, 6.45) is 5.98. The molecule has 0 spiro atoms. The van der Waals surface area contributed by atoms with E-state index in [0.29, 0.717) is 6.54 Å². The van der Waals surface area contributed by atoms with E-state index in [9.17, 15) is 9.90 Å². The highest BCUT2D eigenvalue weighted by Gasteiger charge is 2.09. The molecule has 2 rings (SSSR count). The van der Waals surface area contributed by atoms with Crippen LogP contribution in [-0.2, 0) is 6.54 Å². The van der Waals surface area contributed by atoms with Crippen LogP contribution in [0.3, 0.4) is 0 Å². The number of aromatic hydroxyl groups is 1. The van der Waals surface area contributed by atoms with E-state index in [1.807, 2.05) is 0 Å². The molecule has 0 unspecified atom stereocenters. The van der Waals surface area contributed by atoms with Crippen LogP contribution in [0.15, 0.2) is 30.9 Å². The maximum atomic E-state index is 11.6. The van der Waals surface area contributed by atoms with E-state index in [-0.39, 0.29) is 17.2 Å². The van der Waals surface area contributed by atoms with Gasteiger partial charge in [0.15, 0.2) is 0 Å². The number of nitrogens with one attached hydrogen (secondary N) is 2. The van der Waals surface area contributed by atoms with Gasteiger partial charge in [0.25, 0.3) is 5.91 Å². The van der Waals surface area contributed by atoms with Crippen molar-refractivity contribution in [3.05, 3.63) is 42.0 Å². The lowest BCUT2D eigenvalue weighted by molar-refractivity contribution is 0.0948. The average Bonchev–Trinajstić information content (AvgIpc) is 2.79. The summed E-state index contributed by atoms with van der Waals surface area (Å²) in [4.78, 5) is 15.3. The Kier molecular flexibility index (Phi) is 2.81. The Morgan fingerprint density at radius 2 is 2.38 bits per heavy atom. The fourth-order valence-corrected chi connectivity index (χ4v) is 1.23. The van der Waals surface area contributed by atoms with E-state index < -0.39 is 0 Å². The third kappa shape index (κ3) is 2.17. The number of hydrogen-bond acceptors (Lipinski definition) is 4. The second-order valence-electron chi connectivity index (χ2n) is 3.18. The summed E-state index contributed by atoms with van der Waals surface area (Å²) in [6, 6.07) is 1.46. The first kappa shape index (κ1) is 10.2. The van der Waals surface area contributed by atoms with Crippen LogP contribution in [0.1, 0.15) is 15.9 Å². The molecule has 0 aliphatic heterocycles. The summed E-state index contributed by atoms with van der Waals surface area (Å²) >= 11 is 0. The number of amides is 1. The molecule has 6 heteroatoms. The second kappa shape index (κ2) is 4.43. The number of carbonyl (C=O) groups is 1. The molecule has 2 heterocycles. The van der Waals surface area contributed by atoms with Crippen LogP contribution < -0.4 is 5.32 Å². The normalized spacial score (nSPS) is 10.0. The third-order valence-electron chi connectivity index (χ3n) is 2.05. The van der Waals surface area contributed by atoms with Crippen molar-refractivity contribution in [2.24, 2.45) is 0 Å². The fourth-order valence-electron chi connectivity index (χ4n) is 1.23. The van der Waals surface area contributed by atoms with Gasteiger partial charge in [-0.3, -0.25) is 14.9 Å². The highest BCUT2D eigenvalue weighted by molar-refractivity contribution is 5.96. The molecule has 1 amide bonds. The van der Waals surface area contributed by atoms with Crippen LogP contribution in [0.5, 0.6) is 5.75 Å². The fraction of sp³-hybridized carbons (Fsp3) is 0.100. The van der Waals surface area contributed by atoms with Crippen LogP contribution >= 0.6 is 0 Å². The molecular formula is C10H10N4O2. The molecule has 0 radical (unpaired) electrons. The minimum atomic E-state index is -0.346. The number of H-pyrrole nitrogens is 1. The SMILES string of the molecule is O=C(NCc1cn[nH]c1)c1ccncc1O. The van der Waals surface area contributed by atoms with Gasteiger partial charge in [-0.1, -0.05) is 0 Å². The van der Waals surface area contributed by atoms with Gasteiger partial charge in [-0.05, 0) is 6.07 Å². The predicted octanol–water partition coefficient (Wildman–Crippen LogP) is 0.440. The molecule has 2 aromatic heterocycles. The van der Waals surface area contributed by atoms with Gasteiger partial charge in [0.1, 0.15) is 5.75 Å². The smallest absolute Gasteiger partial charge is 0.255 e. The van der Waals surface area contributed by atoms with E-state index in [2.05, 4.69) is 20.5 Å². The maximum Gasteiger partial charge on any atom is 0.255 e. The van der Waals surface area contributed by atoms with Gasteiger partial charge in [-0.2, -0.15) is 5.10 Å². The minimum absolute atomic E-state index is 0.132. The van der Waals surface area contributed by atoms with Crippen molar-refractivity contribution in [2.45, 2.75) is 6.54 Å². The molecule has 0 atom stereocenters. The molecular weight excluding hydrogens is 208 g/mol. The summed E-state index contributed by atoms with van der Waals surface area (Å²) < 4.78 is 0. The van der Waals surface area contributed by atoms with Gasteiger partial charge in [-0.25, -0.2) is 0 Å². The Morgan fingerprint density at radius 1 is 1.50 bits per heavy atom. The van der Waals surface area contributed by atoms with Crippen molar-refractivity contribution in [3.63, 3.8) is 0 Å². The first-order valence-electron chi connectivity index (χ1n) is 4.66. The summed E-state index contributed by atoms with van der Waals surface area (Å²) in [5.74, 6) is -0.478. The van der Waals surface area contributed by atoms with E-state index in [1.165, 1.54) is 18.5 Å². The number of aromatic amines is 1. The molecule has 16 heavy (non-hydrogen) atoms. The van der Waals surface area contributed by atoms with Crippen molar-refractivity contribution < 1.29 is 9.90 Å². The standard InChI is InChI=1S/C10H10N4O2/c15-9-6-11-2-1-8(9)10(16)12-3-7-4-13-14-5-7/h1-2,4-6,15H,3H2,(H,12,16)(H,13,14). The number of aromatic nitrogens is 3. The summed E-state index contributed by atoms with van der Waals surface area (Å²) in [5, 5.41) is 18.5. The lowest BCUT2D eigenvalue weighted by Gasteiger charge is -2.04. The Bertz CT molecular complexity index is 481. The van der Waals surface area contributed by atoms with Gasteiger partial charge in [0, 0.05) is 24.5 Å². The van der Waals surface area contributed by atoms with Crippen molar-refractivity contribution in [1.29, 1.82) is 0 Å². The van der Waals surface area contributed by atoms with Crippen molar-refractivity contribution in [3.8, 4) is 5.75 Å². The number of pyridine rings is 1. The van der Waals surface area contributed by atoms with Gasteiger partial charge in [0.05, 0.1) is 18.0 Å². The Hall–Kier alpha value is -2.37. The van der Waals surface area contributed by atoms with Crippen LogP contribution in [0.2, 0.25) is 0 Å². The number of rotatable bonds is 3. The lowest BCUT2D eigenvalue weighted by atomic mass is 10.2. The van der Waals surface area contributed by atoms with Gasteiger partial charge in [-0.15, -0.1) is 0 Å². The number of carbonyl (C=O) groups excluding carboxylic acids is 1. The average molecular weight is 218 g/mol. The third-order valence-corrected chi connectivity index (χ3v) is 2.05. The molecule has 0 aliphatic carbocycles. The zero-order valence-electron chi connectivity index (χ0n) is 8.34. The van der Waals surface area contributed by atoms with Crippen LogP contribution in [0.4, 0.5) is 0 Å². The summed E-state index contributed by atoms with van der Waals surface area (Å²) in [5.41, 5.74) is 1.07. The Labute approximate surface area is 91.3 Å². The summed E-state index contributed by atoms with van der Waals surface area (Å²) in [7, 11) is 0. The number of hydrogen-bond donors (Lipinski definition) is 3. The topological polar surface area (TPSA) is 90.9 Å². The molecule has 82 valence electrons. The van der Waals surface area contributed by atoms with E-state index in [0.717, 1.165) is 5.56 Å². The summed E-state index contributed by atoms with van der Waals surface area (Å²) in [6.45, 7) is 0.358. The first-order chi connectivity index (χ1) is 7.77. The van der Waals surface area contributed by atoms with Crippen molar-refractivity contribution >= 4 is 5.91 Å². The first-order valence-corrected chi connectivity index (χ1v) is 4.66. The van der Waals surface area contributed by atoms with E-state index in [4.69, 9.17) is 0 Å². The second-order valence-corrected chi connectivity index (χ2v) is 3.18. The highest BCUT2D eigenvalue weighted by Crippen LogP contribution is 2.13. The van der Waals surface area contributed by atoms with Crippen molar-refractivity contribution in [2.75, 3.05) is 0 Å². The van der Waals surface area contributed by atoms with E-state index >= 15 is 0 Å². The largest absolute Gasteiger partial charge is 0.505 e. The molecule has 0 aliphatic rings. The molecule has 2 aromatic rings. The van der Waals surface area contributed by atoms with Gasteiger partial charge >= 0.3 is 0 Å². The molecule has 0 bridgehead atoms. The Balaban J connectivity index is 2.01. The van der Waals surface area contributed by atoms with Gasteiger partial charge in [0.2, 0.25) is 0 Å². The van der Waals surface area contributed by atoms with Crippen LogP contribution in [0.25, 0.3) is 0 Å².